The molecule has 0 radical (unpaired) electrons. The second-order valence-corrected chi connectivity index (χ2v) is 5.61. The Hall–Kier alpha value is -3.80. The van der Waals surface area contributed by atoms with Crippen LogP contribution in [0.4, 0.5) is 24.5 Å². The number of carbonyl (C=O) groups is 2. The smallest absolute Gasteiger partial charge is 0.418 e. The maximum atomic E-state index is 13.0. The molecule has 2 rings (SSSR count). The number of benzene rings is 2. The molecule has 0 heterocycles. The van der Waals surface area contributed by atoms with Crippen LogP contribution in [0.2, 0.25) is 0 Å². The Bertz CT molecular complexity index is 961. The molecule has 0 aliphatic rings. The Kier molecular flexibility index (Phi) is 6.98. The highest BCUT2D eigenvalue weighted by molar-refractivity contribution is 6.07. The number of esters is 1. The van der Waals surface area contributed by atoms with Crippen LogP contribution in [0.15, 0.2) is 60.3 Å². The molecule has 0 aromatic heterocycles. The first kappa shape index (κ1) is 21.5. The number of hydrogen-bond acceptors (Lipinski definition) is 5. The summed E-state index contributed by atoms with van der Waals surface area (Å²) in [5.41, 5.74) is -1.13. The normalized spacial score (nSPS) is 11.3. The largest absolute Gasteiger partial charge is 0.462 e. The first-order valence-electron chi connectivity index (χ1n) is 8.37. The van der Waals surface area contributed by atoms with E-state index in [-0.39, 0.29) is 6.61 Å². The Morgan fingerprint density at radius 2 is 1.79 bits per heavy atom. The molecule has 2 aromatic rings. The van der Waals surface area contributed by atoms with Crippen LogP contribution in [-0.4, -0.2) is 18.5 Å². The van der Waals surface area contributed by atoms with Gasteiger partial charge in [0.25, 0.3) is 5.91 Å². The molecule has 2 N–H and O–H groups in total. The third-order valence-corrected chi connectivity index (χ3v) is 3.62. The van der Waals surface area contributed by atoms with E-state index in [9.17, 15) is 22.8 Å². The van der Waals surface area contributed by atoms with Crippen molar-refractivity contribution in [3.63, 3.8) is 0 Å². The number of nitrogens with one attached hydrogen (secondary N) is 2. The number of carbonyl (C=O) groups excluding carboxylic acids is 2. The number of hydrogen-bond donors (Lipinski definition) is 2. The van der Waals surface area contributed by atoms with Crippen LogP contribution in [0.1, 0.15) is 22.8 Å². The molecule has 0 unspecified atom stereocenters. The summed E-state index contributed by atoms with van der Waals surface area (Å²) in [6.07, 6.45) is -3.59. The zero-order valence-corrected chi connectivity index (χ0v) is 15.2. The molecular formula is C20H16F3N3O3. The lowest BCUT2D eigenvalue weighted by Gasteiger charge is -2.13. The van der Waals surface area contributed by atoms with Gasteiger partial charge in [-0.25, -0.2) is 4.79 Å². The van der Waals surface area contributed by atoms with E-state index >= 15 is 0 Å². The fraction of sp³-hybridized carbons (Fsp3) is 0.150. The summed E-state index contributed by atoms with van der Waals surface area (Å²) in [4.78, 5) is 23.8. The van der Waals surface area contributed by atoms with Crippen LogP contribution in [0.25, 0.3) is 0 Å². The molecule has 6 nitrogen and oxygen atoms in total. The third kappa shape index (κ3) is 5.84. The number of rotatable bonds is 6. The van der Waals surface area contributed by atoms with E-state index in [1.807, 2.05) is 0 Å². The van der Waals surface area contributed by atoms with Gasteiger partial charge in [0, 0.05) is 11.9 Å². The van der Waals surface area contributed by atoms with Crippen LogP contribution in [0.3, 0.4) is 0 Å². The van der Waals surface area contributed by atoms with Crippen molar-refractivity contribution in [2.24, 2.45) is 0 Å². The predicted octanol–water partition coefficient (Wildman–Crippen LogP) is 4.34. The van der Waals surface area contributed by atoms with Gasteiger partial charge in [0.15, 0.2) is 0 Å². The molecule has 0 bridgehead atoms. The van der Waals surface area contributed by atoms with Gasteiger partial charge < -0.3 is 15.4 Å². The average Bonchev–Trinajstić information content (AvgIpc) is 2.68. The highest BCUT2D eigenvalue weighted by Gasteiger charge is 2.33. The Morgan fingerprint density at radius 3 is 2.38 bits per heavy atom. The number of anilines is 2. The van der Waals surface area contributed by atoms with E-state index in [0.717, 1.165) is 18.3 Å². The average molecular weight is 403 g/mol. The summed E-state index contributed by atoms with van der Waals surface area (Å²) in [6, 6.07) is 12.1. The van der Waals surface area contributed by atoms with Gasteiger partial charge in [-0.3, -0.25) is 4.79 Å². The highest BCUT2D eigenvalue weighted by Crippen LogP contribution is 2.34. The Balaban J connectivity index is 2.12. The quantitative estimate of drug-likeness (QED) is 0.425. The topological polar surface area (TPSA) is 91.2 Å². The number of nitriles is 1. The minimum atomic E-state index is -4.65. The van der Waals surface area contributed by atoms with Crippen molar-refractivity contribution >= 4 is 23.3 Å². The number of amides is 1. The molecule has 0 atom stereocenters. The van der Waals surface area contributed by atoms with Crippen molar-refractivity contribution in [3.8, 4) is 6.07 Å². The van der Waals surface area contributed by atoms with Crippen molar-refractivity contribution in [2.45, 2.75) is 13.1 Å². The fourth-order valence-electron chi connectivity index (χ4n) is 2.25. The Labute approximate surface area is 164 Å². The maximum Gasteiger partial charge on any atom is 0.418 e. The molecular weight excluding hydrogens is 387 g/mol. The number of halogens is 3. The van der Waals surface area contributed by atoms with Gasteiger partial charge in [-0.05, 0) is 43.3 Å². The van der Waals surface area contributed by atoms with Gasteiger partial charge in [-0.1, -0.05) is 12.1 Å². The van der Waals surface area contributed by atoms with Gasteiger partial charge in [0.2, 0.25) is 0 Å². The van der Waals surface area contributed by atoms with E-state index in [2.05, 4.69) is 10.6 Å². The molecule has 0 spiro atoms. The van der Waals surface area contributed by atoms with Gasteiger partial charge in [-0.15, -0.1) is 0 Å². The molecule has 2 aromatic carbocycles. The van der Waals surface area contributed by atoms with Gasteiger partial charge in [0.1, 0.15) is 11.6 Å². The fourth-order valence-corrected chi connectivity index (χ4v) is 2.25. The standard InChI is InChI=1S/C20H16F3N3O3/c1-2-29-19(28)13-7-9-15(10-8-13)25-12-14(11-24)18(27)26-17-6-4-3-5-16(17)20(21,22)23/h3-10,12,25H,2H2,1H3,(H,26,27)/b14-12-. The van der Waals surface area contributed by atoms with E-state index in [1.54, 1.807) is 13.0 Å². The van der Waals surface area contributed by atoms with Crippen molar-refractivity contribution in [3.05, 3.63) is 71.4 Å². The van der Waals surface area contributed by atoms with Crippen LogP contribution in [0.5, 0.6) is 0 Å². The molecule has 0 saturated heterocycles. The SMILES string of the molecule is CCOC(=O)c1ccc(N/C=C(/C#N)C(=O)Nc2ccccc2C(F)(F)F)cc1. The number of alkyl halides is 3. The molecule has 1 amide bonds. The van der Waals surface area contributed by atoms with E-state index in [0.29, 0.717) is 11.3 Å². The van der Waals surface area contributed by atoms with E-state index in [4.69, 9.17) is 10.00 Å². The molecule has 9 heteroatoms. The first-order chi connectivity index (χ1) is 13.8. The summed E-state index contributed by atoms with van der Waals surface area (Å²) >= 11 is 0. The van der Waals surface area contributed by atoms with Crippen molar-refractivity contribution in [2.75, 3.05) is 17.2 Å². The van der Waals surface area contributed by atoms with E-state index < -0.39 is 34.9 Å². The van der Waals surface area contributed by atoms with Crippen molar-refractivity contribution in [1.29, 1.82) is 5.26 Å². The number of nitrogens with zero attached hydrogens (tertiary/aromatic N) is 1. The minimum Gasteiger partial charge on any atom is -0.462 e. The van der Waals surface area contributed by atoms with Crippen LogP contribution >= 0.6 is 0 Å². The Morgan fingerprint density at radius 1 is 1.14 bits per heavy atom. The summed E-state index contributed by atoms with van der Waals surface area (Å²) in [5, 5.41) is 13.9. The summed E-state index contributed by atoms with van der Waals surface area (Å²) < 4.78 is 43.9. The lowest BCUT2D eigenvalue weighted by molar-refractivity contribution is -0.137. The summed E-state index contributed by atoms with van der Waals surface area (Å²) in [5.74, 6) is -1.49. The van der Waals surface area contributed by atoms with E-state index in [1.165, 1.54) is 36.4 Å². The monoisotopic (exact) mass is 403 g/mol. The lowest BCUT2D eigenvalue weighted by atomic mass is 10.1. The van der Waals surface area contributed by atoms with Crippen LogP contribution in [-0.2, 0) is 15.7 Å². The molecule has 0 saturated carbocycles. The van der Waals surface area contributed by atoms with Crippen molar-refractivity contribution in [1.82, 2.24) is 0 Å². The zero-order chi connectivity index (χ0) is 21.4. The van der Waals surface area contributed by atoms with Crippen LogP contribution in [0, 0.1) is 11.3 Å². The van der Waals surface area contributed by atoms with Gasteiger partial charge >= 0.3 is 12.1 Å². The van der Waals surface area contributed by atoms with Crippen molar-refractivity contribution < 1.29 is 27.5 Å². The molecule has 150 valence electrons. The lowest BCUT2D eigenvalue weighted by Crippen LogP contribution is -2.18. The predicted molar refractivity (Wildman–Crippen MR) is 99.8 cm³/mol. The first-order valence-corrected chi connectivity index (χ1v) is 8.37. The second-order valence-electron chi connectivity index (χ2n) is 5.61. The molecule has 29 heavy (non-hydrogen) atoms. The van der Waals surface area contributed by atoms with Gasteiger partial charge in [0.05, 0.1) is 23.4 Å². The molecule has 0 fully saturated rings. The zero-order valence-electron chi connectivity index (χ0n) is 15.2. The third-order valence-electron chi connectivity index (χ3n) is 3.62. The highest BCUT2D eigenvalue weighted by atomic mass is 19.4. The number of ether oxygens (including phenoxy) is 1. The molecule has 0 aliphatic heterocycles. The minimum absolute atomic E-state index is 0.236. The van der Waals surface area contributed by atoms with Crippen LogP contribution < -0.4 is 10.6 Å². The maximum absolute atomic E-state index is 13.0. The second kappa shape index (κ2) is 9.41. The molecule has 0 aliphatic carbocycles. The van der Waals surface area contributed by atoms with Gasteiger partial charge in [-0.2, -0.15) is 18.4 Å². The summed E-state index contributed by atoms with van der Waals surface area (Å²) in [7, 11) is 0. The number of para-hydroxylation sites is 1. The summed E-state index contributed by atoms with van der Waals surface area (Å²) in [6.45, 7) is 1.92.